The maximum absolute atomic E-state index is 6.22. The molecule has 3 heteroatoms. The minimum Gasteiger partial charge on any atom is -0.456 e. The molecule has 0 amide bonds. The summed E-state index contributed by atoms with van der Waals surface area (Å²) in [7, 11) is 1.50. The molecule has 0 fully saturated rings. The lowest BCUT2D eigenvalue weighted by Gasteiger charge is -2.22. The topological polar surface area (TPSA) is 65.2 Å². The molecule has 8 rings (SSSR count). The summed E-state index contributed by atoms with van der Waals surface area (Å²) in [6.07, 6.45) is 13.6. The van der Waals surface area contributed by atoms with Crippen LogP contribution in [0.25, 0.3) is 77.8 Å². The Labute approximate surface area is 349 Å². The fourth-order valence-electron chi connectivity index (χ4n) is 8.07. The van der Waals surface area contributed by atoms with Gasteiger partial charge in [-0.05, 0) is 116 Å². The third-order valence-electron chi connectivity index (χ3n) is 10.8. The second-order valence-corrected chi connectivity index (χ2v) is 14.3. The van der Waals surface area contributed by atoms with Crippen molar-refractivity contribution in [2.45, 2.75) is 32.6 Å². The molecule has 294 valence electrons. The molecule has 0 spiro atoms. The van der Waals surface area contributed by atoms with E-state index in [1.54, 1.807) is 18.2 Å². The average molecular weight is 771 g/mol. The van der Waals surface area contributed by atoms with E-state index in [0.29, 0.717) is 11.6 Å². The SMILES string of the molecule is C=C/C=C(\C=C)c1ccc(C(=C)N)cc1.C=Cc1oc2cc(-c3ccc4c(c3)c3ccccc3c3cccc(C(CCC)c5ccccc5)c34)ccc2c1/C=C\C.CN. The summed E-state index contributed by atoms with van der Waals surface area (Å²) in [5.41, 5.74) is 20.8. The Morgan fingerprint density at radius 2 is 1.29 bits per heavy atom. The lowest BCUT2D eigenvalue weighted by Crippen LogP contribution is -2.02. The van der Waals surface area contributed by atoms with E-state index in [-0.39, 0.29) is 0 Å². The van der Waals surface area contributed by atoms with Crippen molar-refractivity contribution in [1.82, 2.24) is 0 Å². The van der Waals surface area contributed by atoms with Crippen LogP contribution in [0.15, 0.2) is 188 Å². The first-order valence-corrected chi connectivity index (χ1v) is 20.2. The number of furan rings is 1. The molecule has 0 aliphatic carbocycles. The summed E-state index contributed by atoms with van der Waals surface area (Å²) in [4.78, 5) is 0. The van der Waals surface area contributed by atoms with Crippen LogP contribution in [-0.2, 0) is 0 Å². The number of hydrogen-bond donors (Lipinski definition) is 2. The Balaban J connectivity index is 0.000000291. The highest BCUT2D eigenvalue weighted by atomic mass is 16.3. The first kappa shape index (κ1) is 41.7. The van der Waals surface area contributed by atoms with Crippen molar-refractivity contribution in [2.75, 3.05) is 7.05 Å². The number of hydrogen-bond acceptors (Lipinski definition) is 3. The molecule has 3 nitrogen and oxygen atoms in total. The quantitative estimate of drug-likeness (QED) is 0.102. The van der Waals surface area contributed by atoms with Crippen LogP contribution < -0.4 is 11.5 Å². The normalized spacial score (nSPS) is 11.8. The van der Waals surface area contributed by atoms with Gasteiger partial charge in [0.15, 0.2) is 0 Å². The van der Waals surface area contributed by atoms with E-state index in [1.165, 1.54) is 56.1 Å². The fraction of sp³-hybridized carbons (Fsp3) is 0.107. The van der Waals surface area contributed by atoms with Crippen molar-refractivity contribution in [3.8, 4) is 11.1 Å². The zero-order valence-corrected chi connectivity index (χ0v) is 34.5. The molecular formula is C56H54N2O. The van der Waals surface area contributed by atoms with Crippen LogP contribution in [-0.4, -0.2) is 7.05 Å². The summed E-state index contributed by atoms with van der Waals surface area (Å²) in [5, 5.41) is 8.98. The Kier molecular flexibility index (Phi) is 13.8. The molecule has 0 aliphatic rings. The second kappa shape index (κ2) is 19.5. The first-order chi connectivity index (χ1) is 28.9. The van der Waals surface area contributed by atoms with E-state index in [0.717, 1.165) is 57.4 Å². The van der Waals surface area contributed by atoms with Gasteiger partial charge in [-0.2, -0.15) is 0 Å². The molecule has 0 saturated carbocycles. The van der Waals surface area contributed by atoms with E-state index in [1.807, 2.05) is 43.3 Å². The van der Waals surface area contributed by atoms with Crippen molar-refractivity contribution < 1.29 is 4.42 Å². The van der Waals surface area contributed by atoms with Gasteiger partial charge in [0.2, 0.25) is 0 Å². The molecular weight excluding hydrogens is 717 g/mol. The zero-order valence-electron chi connectivity index (χ0n) is 34.5. The van der Waals surface area contributed by atoms with E-state index >= 15 is 0 Å². The molecule has 1 atom stereocenters. The molecule has 1 unspecified atom stereocenters. The maximum atomic E-state index is 6.22. The molecule has 7 aromatic carbocycles. The molecule has 1 aromatic heterocycles. The number of allylic oxidation sites excluding steroid dienone is 5. The Hall–Kier alpha value is -6.94. The molecule has 0 aliphatic heterocycles. The van der Waals surface area contributed by atoms with Crippen LogP contribution in [0, 0.1) is 0 Å². The van der Waals surface area contributed by atoms with Crippen LogP contribution in [0.2, 0.25) is 0 Å². The van der Waals surface area contributed by atoms with Gasteiger partial charge < -0.3 is 15.9 Å². The van der Waals surface area contributed by atoms with E-state index in [4.69, 9.17) is 10.2 Å². The third-order valence-corrected chi connectivity index (χ3v) is 10.8. The maximum Gasteiger partial charge on any atom is 0.136 e. The molecule has 8 aromatic rings. The van der Waals surface area contributed by atoms with E-state index in [2.05, 4.69) is 154 Å². The lowest BCUT2D eigenvalue weighted by atomic mass is 9.82. The number of rotatable bonds is 11. The number of nitrogens with two attached hydrogens (primary N) is 2. The zero-order chi connectivity index (χ0) is 41.9. The van der Waals surface area contributed by atoms with Crippen molar-refractivity contribution in [3.63, 3.8) is 0 Å². The Morgan fingerprint density at radius 1 is 0.678 bits per heavy atom. The van der Waals surface area contributed by atoms with Gasteiger partial charge in [-0.1, -0.05) is 185 Å². The summed E-state index contributed by atoms with van der Waals surface area (Å²) in [6, 6.07) is 48.2. The average Bonchev–Trinajstić information content (AvgIpc) is 3.65. The molecule has 0 radical (unpaired) electrons. The summed E-state index contributed by atoms with van der Waals surface area (Å²) in [5.74, 6) is 1.15. The van der Waals surface area contributed by atoms with Crippen LogP contribution in [0.4, 0.5) is 0 Å². The highest BCUT2D eigenvalue weighted by Gasteiger charge is 2.20. The van der Waals surface area contributed by atoms with Crippen molar-refractivity contribution >= 4 is 66.7 Å². The Bertz CT molecular complexity index is 2830. The van der Waals surface area contributed by atoms with Crippen molar-refractivity contribution in [3.05, 3.63) is 218 Å². The highest BCUT2D eigenvalue weighted by molar-refractivity contribution is 6.26. The monoisotopic (exact) mass is 770 g/mol. The van der Waals surface area contributed by atoms with E-state index < -0.39 is 0 Å². The highest BCUT2D eigenvalue weighted by Crippen LogP contribution is 2.43. The lowest BCUT2D eigenvalue weighted by molar-refractivity contribution is 0.603. The summed E-state index contributed by atoms with van der Waals surface area (Å²) >= 11 is 0. The van der Waals surface area contributed by atoms with E-state index in [9.17, 15) is 0 Å². The van der Waals surface area contributed by atoms with Gasteiger partial charge in [0.25, 0.3) is 0 Å². The van der Waals surface area contributed by atoms with Gasteiger partial charge in [-0.15, -0.1) is 0 Å². The van der Waals surface area contributed by atoms with Crippen LogP contribution in [0.3, 0.4) is 0 Å². The minimum atomic E-state index is 0.343. The molecule has 0 bridgehead atoms. The van der Waals surface area contributed by atoms with Crippen molar-refractivity contribution in [2.24, 2.45) is 11.5 Å². The molecule has 1 heterocycles. The summed E-state index contributed by atoms with van der Waals surface area (Å²) in [6.45, 7) is 19.4. The fourth-order valence-corrected chi connectivity index (χ4v) is 8.07. The predicted molar refractivity (Wildman–Crippen MR) is 260 cm³/mol. The molecule has 59 heavy (non-hydrogen) atoms. The van der Waals surface area contributed by atoms with Gasteiger partial charge in [-0.25, -0.2) is 0 Å². The minimum absolute atomic E-state index is 0.343. The molecule has 0 saturated heterocycles. The standard InChI is InChI=1S/C41H34O.C14H15N.CH5N/c1-4-13-30(27-15-8-7-9-16-27)35-19-12-20-36-31-17-10-11-18-32(31)38-25-28(22-24-37(38)41(35)36)29-21-23-34-33(14-5-2)39(6-3)42-40(34)26-29;1-4-6-12(5-2)14-9-7-13(8-10-14)11(3)15;1-2/h5-12,14-26,30H,3-4,13H2,1-2H3;4-10H,1-3,15H2;2H2,1H3/b14-5-;12-6+;. The van der Waals surface area contributed by atoms with Gasteiger partial charge in [0, 0.05) is 22.6 Å². The van der Waals surface area contributed by atoms with Crippen molar-refractivity contribution in [1.29, 1.82) is 0 Å². The van der Waals surface area contributed by atoms with Gasteiger partial charge in [0.1, 0.15) is 11.3 Å². The number of benzene rings is 7. The van der Waals surface area contributed by atoms with Crippen LogP contribution in [0.1, 0.15) is 66.2 Å². The largest absolute Gasteiger partial charge is 0.456 e. The van der Waals surface area contributed by atoms with Gasteiger partial charge in [0.05, 0.1) is 0 Å². The summed E-state index contributed by atoms with van der Waals surface area (Å²) < 4.78 is 6.22. The van der Waals surface area contributed by atoms with Gasteiger partial charge >= 0.3 is 0 Å². The number of fused-ring (bicyclic) bond motifs is 7. The van der Waals surface area contributed by atoms with Crippen LogP contribution >= 0.6 is 0 Å². The first-order valence-electron chi connectivity index (χ1n) is 20.2. The Morgan fingerprint density at radius 3 is 1.92 bits per heavy atom. The van der Waals surface area contributed by atoms with Gasteiger partial charge in [-0.3, -0.25) is 0 Å². The van der Waals surface area contributed by atoms with Crippen LogP contribution in [0.5, 0.6) is 0 Å². The molecule has 4 N–H and O–H groups in total. The smallest absolute Gasteiger partial charge is 0.136 e. The second-order valence-electron chi connectivity index (χ2n) is 14.3. The third kappa shape index (κ3) is 8.67. The predicted octanol–water partition coefficient (Wildman–Crippen LogP) is 15.1.